The van der Waals surface area contributed by atoms with Crippen LogP contribution in [0.25, 0.3) is 0 Å². The van der Waals surface area contributed by atoms with Gasteiger partial charge >= 0.3 is 12.2 Å². The van der Waals surface area contributed by atoms with E-state index in [-0.39, 0.29) is 48.8 Å². The summed E-state index contributed by atoms with van der Waals surface area (Å²) >= 11 is 0. The van der Waals surface area contributed by atoms with Crippen molar-refractivity contribution in [3.05, 3.63) is 0 Å². The minimum atomic E-state index is -1.75. The molecule has 2 atom stereocenters. The van der Waals surface area contributed by atoms with E-state index in [0.29, 0.717) is 71.1 Å². The lowest BCUT2D eigenvalue weighted by molar-refractivity contribution is -0.138. The Kier molecular flexibility index (Phi) is 16.3. The van der Waals surface area contributed by atoms with Gasteiger partial charge in [0.25, 0.3) is 11.8 Å². The van der Waals surface area contributed by atoms with E-state index in [4.69, 9.17) is 9.47 Å². The van der Waals surface area contributed by atoms with Gasteiger partial charge in [-0.2, -0.15) is 0 Å². The van der Waals surface area contributed by atoms with Crippen molar-refractivity contribution in [2.45, 2.75) is 172 Å². The molecule has 0 aromatic rings. The highest BCUT2D eigenvalue weighted by atomic mass is 19.1. The first kappa shape index (κ1) is 45.3. The van der Waals surface area contributed by atoms with Gasteiger partial charge in [-0.05, 0) is 96.8 Å². The van der Waals surface area contributed by atoms with Gasteiger partial charge < -0.3 is 39.7 Å². The molecule has 4 aliphatic heterocycles. The molecule has 4 heterocycles. The molecule has 12 nitrogen and oxygen atoms in total. The number of piperidine rings is 2. The quantitative estimate of drug-likeness (QED) is 0.249. The molecule has 2 unspecified atom stereocenters. The molecule has 0 radical (unpaired) electrons. The fraction of sp³-hybridized carbons (Fsp3) is 0.907. The van der Waals surface area contributed by atoms with Crippen LogP contribution in [0.2, 0.25) is 0 Å². The Morgan fingerprint density at radius 1 is 0.579 bits per heavy atom. The second kappa shape index (κ2) is 20.5. The third-order valence-electron chi connectivity index (χ3n) is 14.4. The summed E-state index contributed by atoms with van der Waals surface area (Å²) in [5.74, 6) is -0.822. The van der Waals surface area contributed by atoms with Gasteiger partial charge in [0.2, 0.25) is 0 Å². The van der Waals surface area contributed by atoms with E-state index in [0.717, 1.165) is 96.6 Å². The average molecular weight is 809 g/mol. The number of hydrogen-bond acceptors (Lipinski definition) is 8. The third-order valence-corrected chi connectivity index (χ3v) is 14.4. The molecule has 2 N–H and O–H groups in total. The standard InChI is InChI=1S/C22H38FN3O3.C21H36FN3O3/c1-3-21(9-6-10-21)17-24-19(27)22(23)11-15-25(16-12-22)18-7-5-13-26(14-8-18)20(28)29-4-2;1-3-28-19(27)25-13-6-7-17(8-14-25)24-15-11-21(22,12-16-24)18(26)23-20(2)9-4-5-10-20/h18H,3-17H2,1-2H3,(H,24,27);17H,3-16H2,1-2H3,(H,23,26). The maximum atomic E-state index is 15.4. The van der Waals surface area contributed by atoms with Gasteiger partial charge in [0.1, 0.15) is 0 Å². The topological polar surface area (TPSA) is 124 Å². The first-order valence-electron chi connectivity index (χ1n) is 22.6. The van der Waals surface area contributed by atoms with Crippen LogP contribution in [0.4, 0.5) is 18.4 Å². The number of ether oxygens (including phenoxy) is 2. The van der Waals surface area contributed by atoms with Crippen LogP contribution >= 0.6 is 0 Å². The summed E-state index contributed by atoms with van der Waals surface area (Å²) in [6.45, 7) is 14.4. The van der Waals surface area contributed by atoms with Crippen molar-refractivity contribution < 1.29 is 37.4 Å². The lowest BCUT2D eigenvalue weighted by atomic mass is 9.67. The molecule has 57 heavy (non-hydrogen) atoms. The normalized spacial score (nSPS) is 27.3. The largest absolute Gasteiger partial charge is 0.450 e. The van der Waals surface area contributed by atoms with Crippen molar-refractivity contribution in [1.82, 2.24) is 30.2 Å². The van der Waals surface area contributed by atoms with Crippen LogP contribution in [0, 0.1) is 5.41 Å². The van der Waals surface area contributed by atoms with Crippen molar-refractivity contribution in [3.63, 3.8) is 0 Å². The molecule has 4 amide bonds. The summed E-state index contributed by atoms with van der Waals surface area (Å²) in [5, 5.41) is 5.94. The van der Waals surface area contributed by atoms with Gasteiger partial charge in [0.15, 0.2) is 11.3 Å². The zero-order valence-corrected chi connectivity index (χ0v) is 35.7. The Morgan fingerprint density at radius 2 is 1.04 bits per heavy atom. The number of halogens is 2. The van der Waals surface area contributed by atoms with E-state index >= 15 is 8.78 Å². The third kappa shape index (κ3) is 11.9. The van der Waals surface area contributed by atoms with Crippen molar-refractivity contribution in [3.8, 4) is 0 Å². The summed E-state index contributed by atoms with van der Waals surface area (Å²) in [5.41, 5.74) is -3.51. The number of alkyl halides is 2. The fourth-order valence-electron chi connectivity index (χ4n) is 10.0. The Morgan fingerprint density at radius 3 is 1.44 bits per heavy atom. The van der Waals surface area contributed by atoms with E-state index in [1.807, 2.05) is 20.8 Å². The van der Waals surface area contributed by atoms with Crippen LogP contribution < -0.4 is 10.6 Å². The second-order valence-electron chi connectivity index (χ2n) is 18.2. The van der Waals surface area contributed by atoms with E-state index in [1.165, 1.54) is 6.42 Å². The Hall–Kier alpha value is -2.74. The number of rotatable bonds is 10. The van der Waals surface area contributed by atoms with Crippen molar-refractivity contribution in [1.29, 1.82) is 0 Å². The van der Waals surface area contributed by atoms with Gasteiger partial charge in [-0.25, -0.2) is 18.4 Å². The van der Waals surface area contributed by atoms with Gasteiger partial charge in [0, 0.05) is 102 Å². The molecule has 2 saturated carbocycles. The van der Waals surface area contributed by atoms with Crippen LogP contribution in [0.15, 0.2) is 0 Å². The van der Waals surface area contributed by atoms with Crippen LogP contribution in [0.5, 0.6) is 0 Å². The number of nitrogens with one attached hydrogen (secondary N) is 2. The summed E-state index contributed by atoms with van der Waals surface area (Å²) in [7, 11) is 0. The number of carbonyl (C=O) groups excluding carboxylic acids is 4. The summed E-state index contributed by atoms with van der Waals surface area (Å²) in [6, 6.07) is 0.694. The van der Waals surface area contributed by atoms with E-state index < -0.39 is 23.2 Å². The smallest absolute Gasteiger partial charge is 0.409 e. The summed E-state index contributed by atoms with van der Waals surface area (Å²) < 4.78 is 40.9. The van der Waals surface area contributed by atoms with Crippen molar-refractivity contribution in [2.75, 3.05) is 72.1 Å². The molecule has 6 fully saturated rings. The van der Waals surface area contributed by atoms with Crippen LogP contribution in [0.1, 0.15) is 143 Å². The Balaban J connectivity index is 0.000000218. The molecule has 0 aromatic heterocycles. The minimum Gasteiger partial charge on any atom is -0.450 e. The Labute approximate surface area is 340 Å². The molecular weight excluding hydrogens is 735 g/mol. The second-order valence-corrected chi connectivity index (χ2v) is 18.2. The molecule has 4 saturated heterocycles. The van der Waals surface area contributed by atoms with Crippen LogP contribution in [-0.4, -0.2) is 145 Å². The molecular formula is C43H74F2N6O6. The molecule has 0 spiro atoms. The number of likely N-dealkylation sites (tertiary alicyclic amines) is 4. The summed E-state index contributed by atoms with van der Waals surface area (Å²) in [6.07, 6.45) is 14.8. The molecule has 2 aliphatic carbocycles. The highest BCUT2D eigenvalue weighted by Gasteiger charge is 2.46. The number of hydrogen-bond donors (Lipinski definition) is 2. The fourth-order valence-corrected chi connectivity index (χ4v) is 10.0. The maximum Gasteiger partial charge on any atom is 0.409 e. The molecule has 0 aromatic carbocycles. The van der Waals surface area contributed by atoms with Crippen LogP contribution in [-0.2, 0) is 19.1 Å². The first-order valence-corrected chi connectivity index (χ1v) is 22.6. The first-order chi connectivity index (χ1) is 27.3. The number of amides is 4. The molecule has 14 heteroatoms. The SMILES string of the molecule is CCOC(=O)N1CCCC(N2CCC(F)(C(=O)NC3(C)CCCC3)CC2)CC1.CCOC(=O)N1CCCC(N2CCC(F)(C(=O)NCC3(CC)CCC3)CC2)CC1. The lowest BCUT2D eigenvalue weighted by Crippen LogP contribution is -2.57. The van der Waals surface area contributed by atoms with E-state index in [1.54, 1.807) is 9.80 Å². The van der Waals surface area contributed by atoms with E-state index in [2.05, 4.69) is 27.4 Å². The van der Waals surface area contributed by atoms with Gasteiger partial charge in [-0.1, -0.05) is 26.2 Å². The molecule has 0 bridgehead atoms. The molecule has 6 rings (SSSR count). The number of carbonyl (C=O) groups is 4. The van der Waals surface area contributed by atoms with Gasteiger partial charge in [-0.3, -0.25) is 9.59 Å². The maximum absolute atomic E-state index is 15.4. The van der Waals surface area contributed by atoms with E-state index in [9.17, 15) is 19.2 Å². The lowest BCUT2D eigenvalue weighted by Gasteiger charge is -2.43. The summed E-state index contributed by atoms with van der Waals surface area (Å²) in [4.78, 5) is 57.3. The minimum absolute atomic E-state index is 0.206. The highest BCUT2D eigenvalue weighted by Crippen LogP contribution is 2.43. The predicted molar refractivity (Wildman–Crippen MR) is 216 cm³/mol. The Bertz CT molecular complexity index is 1320. The van der Waals surface area contributed by atoms with Gasteiger partial charge in [0.05, 0.1) is 13.2 Å². The monoisotopic (exact) mass is 809 g/mol. The van der Waals surface area contributed by atoms with Crippen molar-refractivity contribution in [2.24, 2.45) is 5.41 Å². The highest BCUT2D eigenvalue weighted by molar-refractivity contribution is 5.86. The zero-order chi connectivity index (χ0) is 41.1. The number of nitrogens with zero attached hydrogens (tertiary/aromatic N) is 4. The predicted octanol–water partition coefficient (Wildman–Crippen LogP) is 6.75. The molecule has 326 valence electrons. The van der Waals surface area contributed by atoms with Crippen molar-refractivity contribution >= 4 is 24.0 Å². The van der Waals surface area contributed by atoms with Crippen LogP contribution in [0.3, 0.4) is 0 Å². The average Bonchev–Trinajstić information content (AvgIpc) is 3.34. The molecule has 6 aliphatic rings. The van der Waals surface area contributed by atoms with Gasteiger partial charge in [-0.15, -0.1) is 0 Å². The zero-order valence-electron chi connectivity index (χ0n) is 35.7.